The van der Waals surface area contributed by atoms with Crippen LogP contribution in [0.1, 0.15) is 10.4 Å². The molecule has 1 amide bonds. The number of anilines is 1. The minimum absolute atomic E-state index is 0.0114. The highest BCUT2D eigenvalue weighted by Crippen LogP contribution is 2.29. The van der Waals surface area contributed by atoms with E-state index >= 15 is 0 Å². The Morgan fingerprint density at radius 3 is 2.68 bits per heavy atom. The van der Waals surface area contributed by atoms with Gasteiger partial charge in [0.1, 0.15) is 0 Å². The molecule has 1 aromatic heterocycles. The summed E-state index contributed by atoms with van der Waals surface area (Å²) in [5.74, 6) is -0.972. The number of rotatable bonds is 2. The van der Waals surface area contributed by atoms with E-state index < -0.39 is 17.3 Å². The zero-order valence-corrected chi connectivity index (χ0v) is 10.9. The fourth-order valence-corrected chi connectivity index (χ4v) is 1.80. The largest absolute Gasteiger partial charge is 0.494 e. The maximum atomic E-state index is 11.9. The number of carbonyl (C=O) groups is 1. The maximum absolute atomic E-state index is 11.9. The van der Waals surface area contributed by atoms with E-state index in [9.17, 15) is 14.7 Å². The topological polar surface area (TPSA) is 82.2 Å². The summed E-state index contributed by atoms with van der Waals surface area (Å²) in [5, 5.41) is 12.2. The van der Waals surface area contributed by atoms with Crippen molar-refractivity contribution >= 4 is 34.8 Å². The second kappa shape index (κ2) is 5.34. The predicted octanol–water partition coefficient (Wildman–Crippen LogP) is 2.64. The average Bonchev–Trinajstić information content (AvgIpc) is 2.33. The third kappa shape index (κ3) is 3.07. The highest BCUT2D eigenvalue weighted by molar-refractivity contribution is 6.44. The van der Waals surface area contributed by atoms with Gasteiger partial charge < -0.3 is 10.4 Å². The van der Waals surface area contributed by atoms with Crippen molar-refractivity contribution in [1.82, 2.24) is 4.98 Å². The molecule has 5 nitrogen and oxygen atoms in total. The molecule has 0 unspecified atom stereocenters. The van der Waals surface area contributed by atoms with Gasteiger partial charge in [0.05, 0.1) is 21.3 Å². The molecule has 2 rings (SSSR count). The van der Waals surface area contributed by atoms with Crippen molar-refractivity contribution in [3.63, 3.8) is 0 Å². The lowest BCUT2D eigenvalue weighted by molar-refractivity contribution is 0.102. The summed E-state index contributed by atoms with van der Waals surface area (Å²) in [6.07, 6.45) is 0. The lowest BCUT2D eigenvalue weighted by Crippen LogP contribution is -2.16. The zero-order chi connectivity index (χ0) is 14.0. The first-order chi connectivity index (χ1) is 8.97. The van der Waals surface area contributed by atoms with E-state index in [4.69, 9.17) is 23.2 Å². The number of benzene rings is 1. The van der Waals surface area contributed by atoms with Crippen LogP contribution in [0.5, 0.6) is 5.88 Å². The number of aromatic amines is 1. The van der Waals surface area contributed by atoms with Gasteiger partial charge in [0, 0.05) is 12.1 Å². The van der Waals surface area contributed by atoms with Gasteiger partial charge in [-0.2, -0.15) is 0 Å². The van der Waals surface area contributed by atoms with Gasteiger partial charge in [-0.05, 0) is 12.1 Å². The zero-order valence-electron chi connectivity index (χ0n) is 9.41. The van der Waals surface area contributed by atoms with Gasteiger partial charge in [-0.1, -0.05) is 29.3 Å². The monoisotopic (exact) mass is 298 g/mol. The van der Waals surface area contributed by atoms with Crippen molar-refractivity contribution in [3.8, 4) is 5.88 Å². The second-order valence-electron chi connectivity index (χ2n) is 3.67. The van der Waals surface area contributed by atoms with Crippen molar-refractivity contribution in [2.24, 2.45) is 0 Å². The number of hydrogen-bond acceptors (Lipinski definition) is 3. The molecule has 1 heterocycles. The van der Waals surface area contributed by atoms with Crippen LogP contribution in [0.2, 0.25) is 10.0 Å². The Balaban J connectivity index is 2.31. The number of aromatic hydroxyl groups is 1. The molecular weight excluding hydrogens is 291 g/mol. The number of halogens is 2. The number of carbonyl (C=O) groups excluding carboxylic acids is 1. The van der Waals surface area contributed by atoms with Gasteiger partial charge in [0.2, 0.25) is 0 Å². The SMILES string of the molecule is O=C(Nc1cccc(Cl)c1Cl)c1cc(O)[nH]c(=O)c1. The van der Waals surface area contributed by atoms with Crippen molar-refractivity contribution in [2.45, 2.75) is 0 Å². The van der Waals surface area contributed by atoms with E-state index in [1.165, 1.54) is 0 Å². The number of hydrogen-bond donors (Lipinski definition) is 3. The van der Waals surface area contributed by atoms with Crippen molar-refractivity contribution < 1.29 is 9.90 Å². The van der Waals surface area contributed by atoms with E-state index in [2.05, 4.69) is 10.3 Å². The molecule has 0 bridgehead atoms. The first-order valence-corrected chi connectivity index (χ1v) is 5.91. The standard InChI is InChI=1S/C12H8Cl2N2O3/c13-7-2-1-3-8(11(7)14)15-12(19)6-4-9(17)16-10(18)5-6/h1-5H,(H,15,19)(H2,16,17,18). The molecule has 0 atom stereocenters. The second-order valence-corrected chi connectivity index (χ2v) is 4.46. The summed E-state index contributed by atoms with van der Waals surface area (Å²) < 4.78 is 0. The quantitative estimate of drug-likeness (QED) is 0.797. The number of H-pyrrole nitrogens is 1. The molecule has 0 saturated heterocycles. The average molecular weight is 299 g/mol. The smallest absolute Gasteiger partial charge is 0.256 e. The van der Waals surface area contributed by atoms with Gasteiger partial charge >= 0.3 is 0 Å². The van der Waals surface area contributed by atoms with E-state index in [1.54, 1.807) is 18.2 Å². The van der Waals surface area contributed by atoms with Gasteiger partial charge in [0.25, 0.3) is 11.5 Å². The summed E-state index contributed by atoms with van der Waals surface area (Å²) in [5.41, 5.74) is -0.251. The molecule has 98 valence electrons. The van der Waals surface area contributed by atoms with Gasteiger partial charge in [0.15, 0.2) is 5.88 Å². The van der Waals surface area contributed by atoms with E-state index in [1.807, 2.05) is 0 Å². The van der Waals surface area contributed by atoms with Crippen LogP contribution >= 0.6 is 23.2 Å². The summed E-state index contributed by atoms with van der Waals surface area (Å²) in [6.45, 7) is 0. The molecule has 0 spiro atoms. The normalized spacial score (nSPS) is 10.2. The minimum Gasteiger partial charge on any atom is -0.494 e. The first kappa shape index (κ1) is 13.5. The Bertz CT molecular complexity index is 698. The maximum Gasteiger partial charge on any atom is 0.256 e. The summed E-state index contributed by atoms with van der Waals surface area (Å²) in [7, 11) is 0. The summed E-state index contributed by atoms with van der Waals surface area (Å²) >= 11 is 11.7. The van der Waals surface area contributed by atoms with Gasteiger partial charge in [-0.15, -0.1) is 0 Å². The van der Waals surface area contributed by atoms with Crippen LogP contribution in [0.25, 0.3) is 0 Å². The Morgan fingerprint density at radius 2 is 2.00 bits per heavy atom. The number of nitrogens with one attached hydrogen (secondary N) is 2. The van der Waals surface area contributed by atoms with E-state index in [0.717, 1.165) is 12.1 Å². The van der Waals surface area contributed by atoms with Gasteiger partial charge in [-0.3, -0.25) is 14.6 Å². The molecule has 0 aliphatic rings. The minimum atomic E-state index is -0.581. The van der Waals surface area contributed by atoms with Crippen molar-refractivity contribution in [3.05, 3.63) is 56.3 Å². The van der Waals surface area contributed by atoms with Crippen LogP contribution in [0.15, 0.2) is 35.1 Å². The highest BCUT2D eigenvalue weighted by Gasteiger charge is 2.11. The molecular formula is C12H8Cl2N2O3. The molecule has 0 fully saturated rings. The van der Waals surface area contributed by atoms with Crippen LogP contribution in [0.3, 0.4) is 0 Å². The highest BCUT2D eigenvalue weighted by atomic mass is 35.5. The number of pyridine rings is 1. The van der Waals surface area contributed by atoms with Crippen molar-refractivity contribution in [2.75, 3.05) is 5.32 Å². The lowest BCUT2D eigenvalue weighted by atomic mass is 10.2. The van der Waals surface area contributed by atoms with Crippen LogP contribution in [-0.4, -0.2) is 16.0 Å². The van der Waals surface area contributed by atoms with E-state index in [-0.39, 0.29) is 10.6 Å². The van der Waals surface area contributed by atoms with Crippen LogP contribution in [-0.2, 0) is 0 Å². The first-order valence-electron chi connectivity index (χ1n) is 5.16. The lowest BCUT2D eigenvalue weighted by Gasteiger charge is -2.08. The number of aromatic nitrogens is 1. The molecule has 1 aromatic carbocycles. The molecule has 3 N–H and O–H groups in total. The molecule has 19 heavy (non-hydrogen) atoms. The van der Waals surface area contributed by atoms with Crippen LogP contribution in [0.4, 0.5) is 5.69 Å². The summed E-state index contributed by atoms with van der Waals surface area (Å²) in [4.78, 5) is 25.2. The summed E-state index contributed by atoms with van der Waals surface area (Å²) in [6, 6.07) is 6.97. The number of amides is 1. The van der Waals surface area contributed by atoms with Crippen LogP contribution in [0, 0.1) is 0 Å². The van der Waals surface area contributed by atoms with Gasteiger partial charge in [-0.25, -0.2) is 0 Å². The third-order valence-electron chi connectivity index (χ3n) is 2.29. The Kier molecular flexibility index (Phi) is 3.78. The molecule has 0 saturated carbocycles. The fraction of sp³-hybridized carbons (Fsp3) is 0. The molecule has 0 radical (unpaired) electrons. The van der Waals surface area contributed by atoms with Crippen LogP contribution < -0.4 is 10.9 Å². The molecule has 0 aliphatic heterocycles. The molecule has 7 heteroatoms. The Morgan fingerprint density at radius 1 is 1.26 bits per heavy atom. The molecule has 0 aliphatic carbocycles. The Labute approximate surface area is 117 Å². The fourth-order valence-electron chi connectivity index (χ4n) is 1.45. The predicted molar refractivity (Wildman–Crippen MR) is 73.1 cm³/mol. The molecule has 2 aromatic rings. The Hall–Kier alpha value is -1.98. The van der Waals surface area contributed by atoms with Crippen molar-refractivity contribution in [1.29, 1.82) is 0 Å². The van der Waals surface area contributed by atoms with E-state index in [0.29, 0.717) is 10.7 Å². The third-order valence-corrected chi connectivity index (χ3v) is 3.11.